The zero-order valence-electron chi connectivity index (χ0n) is 20.2. The molecule has 0 spiro atoms. The van der Waals surface area contributed by atoms with Crippen molar-refractivity contribution in [3.05, 3.63) is 11.6 Å². The predicted octanol–water partition coefficient (Wildman–Crippen LogP) is 2.22. The average Bonchev–Trinajstić information content (AvgIpc) is 2.62. The van der Waals surface area contributed by atoms with Gasteiger partial charge in [0, 0.05) is 27.7 Å². The van der Waals surface area contributed by atoms with Crippen molar-refractivity contribution < 1.29 is 47.6 Å². The van der Waals surface area contributed by atoms with Gasteiger partial charge in [0.1, 0.15) is 12.7 Å². The summed E-state index contributed by atoms with van der Waals surface area (Å²) in [6.45, 7) is 10.7. The molecule has 1 aliphatic carbocycles. The first-order valence-electron chi connectivity index (χ1n) is 10.9. The van der Waals surface area contributed by atoms with Crippen LogP contribution in [0.25, 0.3) is 0 Å². The van der Waals surface area contributed by atoms with Crippen LogP contribution in [0.15, 0.2) is 11.6 Å². The maximum Gasteiger partial charge on any atom is 0.303 e. The summed E-state index contributed by atoms with van der Waals surface area (Å²) in [4.78, 5) is 47.0. The van der Waals surface area contributed by atoms with E-state index in [9.17, 15) is 19.2 Å². The van der Waals surface area contributed by atoms with Crippen LogP contribution in [0, 0.1) is 5.41 Å². The molecule has 0 saturated carbocycles. The van der Waals surface area contributed by atoms with Crippen LogP contribution in [0.4, 0.5) is 0 Å². The van der Waals surface area contributed by atoms with E-state index in [-0.39, 0.29) is 18.1 Å². The van der Waals surface area contributed by atoms with Crippen LogP contribution < -0.4 is 0 Å². The Labute approximate surface area is 193 Å². The van der Waals surface area contributed by atoms with Crippen molar-refractivity contribution in [1.82, 2.24) is 0 Å². The van der Waals surface area contributed by atoms with Crippen LogP contribution in [0.3, 0.4) is 0 Å². The summed E-state index contributed by atoms with van der Waals surface area (Å²) in [7, 11) is 0. The maximum atomic E-state index is 11.9. The van der Waals surface area contributed by atoms with Crippen LogP contribution in [-0.2, 0) is 47.6 Å². The third kappa shape index (κ3) is 8.12. The summed E-state index contributed by atoms with van der Waals surface area (Å²) in [6, 6.07) is 0. The number of hydrogen-bond acceptors (Lipinski definition) is 10. The number of carbonyl (C=O) groups excluding carboxylic acids is 4. The van der Waals surface area contributed by atoms with Gasteiger partial charge in [-0.05, 0) is 25.2 Å². The molecule has 1 saturated heterocycles. The van der Waals surface area contributed by atoms with Crippen molar-refractivity contribution in [3.63, 3.8) is 0 Å². The summed E-state index contributed by atoms with van der Waals surface area (Å²) in [6.07, 6.45) is -2.59. The number of allylic oxidation sites excluding steroid dienone is 1. The number of ether oxygens (including phenoxy) is 6. The second-order valence-corrected chi connectivity index (χ2v) is 9.21. The monoisotopic (exact) mass is 470 g/mol. The highest BCUT2D eigenvalue weighted by molar-refractivity contribution is 5.68. The molecule has 2 aliphatic rings. The summed E-state index contributed by atoms with van der Waals surface area (Å²) in [5.74, 6) is -2.59. The Morgan fingerprint density at radius 3 is 1.97 bits per heavy atom. The van der Waals surface area contributed by atoms with Crippen molar-refractivity contribution in [2.75, 3.05) is 6.61 Å². The highest BCUT2D eigenvalue weighted by Crippen LogP contribution is 2.37. The molecule has 6 atom stereocenters. The van der Waals surface area contributed by atoms with Crippen LogP contribution in [0.1, 0.15) is 61.3 Å². The molecule has 1 fully saturated rings. The number of esters is 4. The minimum Gasteiger partial charge on any atom is -0.463 e. The molecule has 186 valence electrons. The lowest BCUT2D eigenvalue weighted by atomic mass is 9.78. The number of hydrogen-bond donors (Lipinski definition) is 0. The van der Waals surface area contributed by atoms with Gasteiger partial charge in [-0.2, -0.15) is 0 Å². The van der Waals surface area contributed by atoms with E-state index in [2.05, 4.69) is 19.9 Å². The quantitative estimate of drug-likeness (QED) is 0.311. The lowest BCUT2D eigenvalue weighted by Crippen LogP contribution is -2.63. The molecule has 1 aliphatic heterocycles. The molecular formula is C23H34O10. The fraction of sp³-hybridized carbons (Fsp3) is 0.739. The Bertz CT molecular complexity index is 786. The molecule has 0 radical (unpaired) electrons. The van der Waals surface area contributed by atoms with Crippen molar-refractivity contribution >= 4 is 23.9 Å². The van der Waals surface area contributed by atoms with E-state index in [0.29, 0.717) is 12.8 Å². The van der Waals surface area contributed by atoms with Gasteiger partial charge < -0.3 is 28.4 Å². The molecule has 0 aromatic carbocycles. The van der Waals surface area contributed by atoms with Crippen molar-refractivity contribution in [1.29, 1.82) is 0 Å². The minimum atomic E-state index is -1.23. The molecule has 10 nitrogen and oxygen atoms in total. The van der Waals surface area contributed by atoms with Gasteiger partial charge in [0.2, 0.25) is 0 Å². The van der Waals surface area contributed by atoms with E-state index in [1.54, 1.807) is 0 Å². The molecular weight excluding hydrogens is 436 g/mol. The van der Waals surface area contributed by atoms with Crippen LogP contribution >= 0.6 is 0 Å². The molecule has 0 amide bonds. The molecule has 0 N–H and O–H groups in total. The zero-order valence-corrected chi connectivity index (χ0v) is 20.2. The molecule has 33 heavy (non-hydrogen) atoms. The Morgan fingerprint density at radius 2 is 1.45 bits per heavy atom. The van der Waals surface area contributed by atoms with Gasteiger partial charge in [-0.1, -0.05) is 25.5 Å². The summed E-state index contributed by atoms with van der Waals surface area (Å²) < 4.78 is 33.6. The Kier molecular flexibility index (Phi) is 9.02. The zero-order chi connectivity index (χ0) is 24.9. The third-order valence-electron chi connectivity index (χ3n) is 5.22. The van der Waals surface area contributed by atoms with Gasteiger partial charge in [-0.25, -0.2) is 0 Å². The Morgan fingerprint density at radius 1 is 0.909 bits per heavy atom. The molecule has 0 aromatic rings. The Hall–Kier alpha value is -2.46. The van der Waals surface area contributed by atoms with Gasteiger partial charge in [0.05, 0.1) is 6.10 Å². The second-order valence-electron chi connectivity index (χ2n) is 9.21. The average molecular weight is 471 g/mol. The minimum absolute atomic E-state index is 0.120. The van der Waals surface area contributed by atoms with Crippen molar-refractivity contribution in [2.24, 2.45) is 5.41 Å². The van der Waals surface area contributed by atoms with Crippen LogP contribution in [-0.4, -0.2) is 67.3 Å². The molecule has 2 rings (SSSR count). The third-order valence-corrected chi connectivity index (χ3v) is 5.22. The molecule has 0 aromatic heterocycles. The first-order valence-corrected chi connectivity index (χ1v) is 10.9. The first kappa shape index (κ1) is 26.8. The predicted molar refractivity (Wildman–Crippen MR) is 114 cm³/mol. The van der Waals surface area contributed by atoms with E-state index < -0.39 is 54.6 Å². The normalized spacial score (nSPS) is 31.1. The topological polar surface area (TPSA) is 124 Å². The fourth-order valence-corrected chi connectivity index (χ4v) is 4.39. The maximum absolute atomic E-state index is 11.9. The number of rotatable bonds is 7. The molecule has 0 bridgehead atoms. The first-order chi connectivity index (χ1) is 15.3. The van der Waals surface area contributed by atoms with E-state index in [1.807, 2.05) is 6.92 Å². The molecule has 10 heteroatoms. The standard InChI is InChI=1S/C23H34O10/c1-12-8-17(10-23(6,7)9-12)32-22-21(31-16(5)27)20(30-15(4)26)19(29-14(3)25)18(33-22)11-28-13(2)24/h9,17-22H,8,10-11H2,1-7H3/t17?,18-,19-,20+,21-,22-/m1/s1. The summed E-state index contributed by atoms with van der Waals surface area (Å²) in [5, 5.41) is 0. The highest BCUT2D eigenvalue weighted by Gasteiger charge is 2.53. The van der Waals surface area contributed by atoms with E-state index >= 15 is 0 Å². The Balaban J connectivity index is 2.40. The van der Waals surface area contributed by atoms with Gasteiger partial charge in [-0.3, -0.25) is 19.2 Å². The summed E-state index contributed by atoms with van der Waals surface area (Å²) in [5.41, 5.74) is 1.02. The molecule has 1 unspecified atom stereocenters. The second kappa shape index (κ2) is 11.1. The lowest BCUT2D eigenvalue weighted by Gasteiger charge is -2.45. The summed E-state index contributed by atoms with van der Waals surface area (Å²) >= 11 is 0. The van der Waals surface area contributed by atoms with Gasteiger partial charge in [-0.15, -0.1) is 0 Å². The van der Waals surface area contributed by atoms with Gasteiger partial charge in [0.15, 0.2) is 24.6 Å². The lowest BCUT2D eigenvalue weighted by molar-refractivity contribution is -0.318. The SMILES string of the molecule is CC(=O)OC[C@H]1O[C@@H](OC2CC(C)=CC(C)(C)C2)[C@H](OC(C)=O)[C@@H](OC(C)=O)[C@@H]1OC(C)=O. The fourth-order valence-electron chi connectivity index (χ4n) is 4.39. The van der Waals surface area contributed by atoms with E-state index in [4.69, 9.17) is 28.4 Å². The largest absolute Gasteiger partial charge is 0.463 e. The van der Waals surface area contributed by atoms with Crippen molar-refractivity contribution in [2.45, 2.75) is 98.1 Å². The van der Waals surface area contributed by atoms with Crippen LogP contribution in [0.2, 0.25) is 0 Å². The van der Waals surface area contributed by atoms with E-state index in [1.165, 1.54) is 27.7 Å². The molecule has 1 heterocycles. The number of carbonyl (C=O) groups is 4. The van der Waals surface area contributed by atoms with E-state index in [0.717, 1.165) is 5.57 Å². The highest BCUT2D eigenvalue weighted by atomic mass is 16.7. The van der Waals surface area contributed by atoms with Crippen LogP contribution in [0.5, 0.6) is 0 Å². The van der Waals surface area contributed by atoms with Gasteiger partial charge >= 0.3 is 23.9 Å². The van der Waals surface area contributed by atoms with Gasteiger partial charge in [0.25, 0.3) is 0 Å². The van der Waals surface area contributed by atoms with Crippen molar-refractivity contribution in [3.8, 4) is 0 Å². The smallest absolute Gasteiger partial charge is 0.303 e.